The second-order valence-corrected chi connectivity index (χ2v) is 3.77. The van der Waals surface area contributed by atoms with Crippen molar-refractivity contribution in [3.63, 3.8) is 0 Å². The lowest BCUT2D eigenvalue weighted by Gasteiger charge is -2.12. The molecule has 1 unspecified atom stereocenters. The van der Waals surface area contributed by atoms with E-state index in [2.05, 4.69) is 15.8 Å². The summed E-state index contributed by atoms with van der Waals surface area (Å²) in [5.41, 5.74) is 5.37. The number of hydrogen-bond acceptors (Lipinski definition) is 4. The van der Waals surface area contributed by atoms with Crippen LogP contribution in [0.25, 0.3) is 0 Å². The summed E-state index contributed by atoms with van der Waals surface area (Å²) >= 11 is 0. The van der Waals surface area contributed by atoms with Crippen LogP contribution < -0.4 is 16.4 Å². The number of nitrogens with two attached hydrogens (primary N) is 1. The number of rotatable bonds is 6. The van der Waals surface area contributed by atoms with Gasteiger partial charge in [-0.25, -0.2) is 0 Å². The minimum absolute atomic E-state index is 0.133. The smallest absolute Gasteiger partial charge is 0.223 e. The normalized spacial score (nSPS) is 18.6. The lowest BCUT2D eigenvalue weighted by molar-refractivity contribution is -0.122. The van der Waals surface area contributed by atoms with Crippen LogP contribution in [0.2, 0.25) is 0 Å². The maximum absolute atomic E-state index is 11.2. The average Bonchev–Trinajstić information content (AvgIpc) is 3.06. The zero-order valence-corrected chi connectivity index (χ0v) is 8.86. The number of carbonyl (C=O) groups is 1. The molecule has 0 aliphatic heterocycles. The molecule has 0 aromatic carbocycles. The van der Waals surface area contributed by atoms with Crippen molar-refractivity contribution in [2.24, 2.45) is 16.8 Å². The average molecular weight is 214 g/mol. The first kappa shape index (κ1) is 11.8. The molecule has 1 fully saturated rings. The summed E-state index contributed by atoms with van der Waals surface area (Å²) in [6.45, 7) is 2.96. The predicted molar refractivity (Wildman–Crippen MR) is 56.6 cm³/mol. The van der Waals surface area contributed by atoms with Crippen LogP contribution in [-0.2, 0) is 4.79 Å². The van der Waals surface area contributed by atoms with Crippen molar-refractivity contribution < 1.29 is 10.0 Å². The molecule has 0 heterocycles. The van der Waals surface area contributed by atoms with E-state index in [1.165, 1.54) is 0 Å². The summed E-state index contributed by atoms with van der Waals surface area (Å²) in [6, 6.07) is -0.187. The molecule has 0 aromatic heterocycles. The largest absolute Gasteiger partial charge is 0.409 e. The van der Waals surface area contributed by atoms with Gasteiger partial charge in [0.15, 0.2) is 5.84 Å². The number of hydrogen-bond donors (Lipinski definition) is 4. The standard InChI is InChI=1S/C9H18N4O2/c1-6(8(10)13-15)11-4-5-12-9(14)7-2-3-7/h6-7,11,15H,2-5H2,1H3,(H2,10,13)(H,12,14). The molecule has 0 radical (unpaired) electrons. The monoisotopic (exact) mass is 214 g/mol. The van der Waals surface area contributed by atoms with Gasteiger partial charge in [-0.1, -0.05) is 5.16 Å². The van der Waals surface area contributed by atoms with Crippen LogP contribution in [0.4, 0.5) is 0 Å². The topological polar surface area (TPSA) is 99.7 Å². The first-order valence-electron chi connectivity index (χ1n) is 5.13. The van der Waals surface area contributed by atoms with Crippen molar-refractivity contribution >= 4 is 11.7 Å². The van der Waals surface area contributed by atoms with Gasteiger partial charge in [-0.05, 0) is 19.8 Å². The number of oxime groups is 1. The Hall–Kier alpha value is -1.30. The van der Waals surface area contributed by atoms with E-state index < -0.39 is 0 Å². The highest BCUT2D eigenvalue weighted by Gasteiger charge is 2.28. The molecule has 6 heteroatoms. The number of nitrogens with zero attached hydrogens (tertiary/aromatic N) is 1. The maximum atomic E-state index is 11.2. The van der Waals surface area contributed by atoms with E-state index in [9.17, 15) is 4.79 Å². The van der Waals surface area contributed by atoms with Gasteiger partial charge in [0, 0.05) is 19.0 Å². The second-order valence-electron chi connectivity index (χ2n) is 3.77. The quantitative estimate of drug-likeness (QED) is 0.153. The van der Waals surface area contributed by atoms with Crippen LogP contribution in [0.3, 0.4) is 0 Å². The van der Waals surface area contributed by atoms with Crippen molar-refractivity contribution in [3.05, 3.63) is 0 Å². The van der Waals surface area contributed by atoms with E-state index in [1.54, 1.807) is 6.92 Å². The minimum atomic E-state index is -0.187. The van der Waals surface area contributed by atoms with Gasteiger partial charge in [-0.2, -0.15) is 0 Å². The number of amides is 1. The highest BCUT2D eigenvalue weighted by Crippen LogP contribution is 2.28. The van der Waals surface area contributed by atoms with Gasteiger partial charge in [-0.15, -0.1) is 0 Å². The first-order chi connectivity index (χ1) is 7.15. The molecule has 86 valence electrons. The molecule has 5 N–H and O–H groups in total. The molecule has 1 amide bonds. The Morgan fingerprint density at radius 2 is 2.27 bits per heavy atom. The summed E-state index contributed by atoms with van der Waals surface area (Å²) < 4.78 is 0. The number of carbonyl (C=O) groups excluding carboxylic acids is 1. The Labute approximate surface area is 88.9 Å². The first-order valence-corrected chi connectivity index (χ1v) is 5.13. The molecule has 0 saturated heterocycles. The number of amidine groups is 1. The van der Waals surface area contributed by atoms with Gasteiger partial charge < -0.3 is 21.6 Å². The van der Waals surface area contributed by atoms with Crippen molar-refractivity contribution in [2.45, 2.75) is 25.8 Å². The van der Waals surface area contributed by atoms with Crippen molar-refractivity contribution in [1.82, 2.24) is 10.6 Å². The second kappa shape index (κ2) is 5.55. The molecule has 0 bridgehead atoms. The fraction of sp³-hybridized carbons (Fsp3) is 0.778. The molecule has 6 nitrogen and oxygen atoms in total. The summed E-state index contributed by atoms with van der Waals surface area (Å²) in [5.74, 6) is 0.517. The summed E-state index contributed by atoms with van der Waals surface area (Å²) in [4.78, 5) is 11.2. The van der Waals surface area contributed by atoms with Gasteiger partial charge in [0.1, 0.15) is 0 Å². The van der Waals surface area contributed by atoms with E-state index in [0.29, 0.717) is 13.1 Å². The zero-order valence-electron chi connectivity index (χ0n) is 8.86. The third-order valence-electron chi connectivity index (χ3n) is 2.38. The lowest BCUT2D eigenvalue weighted by atomic mass is 10.3. The fourth-order valence-corrected chi connectivity index (χ4v) is 1.16. The molecule has 1 aliphatic carbocycles. The van der Waals surface area contributed by atoms with Gasteiger partial charge >= 0.3 is 0 Å². The summed E-state index contributed by atoms with van der Waals surface area (Å²) in [7, 11) is 0. The SMILES string of the molecule is CC(NCCNC(=O)C1CC1)C(N)=NO. The van der Waals surface area contributed by atoms with E-state index in [4.69, 9.17) is 10.9 Å². The summed E-state index contributed by atoms with van der Waals surface area (Å²) in [5, 5.41) is 17.1. The van der Waals surface area contributed by atoms with Crippen LogP contribution in [0.5, 0.6) is 0 Å². The van der Waals surface area contributed by atoms with E-state index in [1.807, 2.05) is 0 Å². The fourth-order valence-electron chi connectivity index (χ4n) is 1.16. The van der Waals surface area contributed by atoms with Crippen LogP contribution >= 0.6 is 0 Å². The van der Waals surface area contributed by atoms with Crippen molar-refractivity contribution in [2.75, 3.05) is 13.1 Å². The van der Waals surface area contributed by atoms with Crippen LogP contribution in [0.15, 0.2) is 5.16 Å². The molecular formula is C9H18N4O2. The van der Waals surface area contributed by atoms with Crippen molar-refractivity contribution in [1.29, 1.82) is 0 Å². The minimum Gasteiger partial charge on any atom is -0.409 e. The van der Waals surface area contributed by atoms with Crippen molar-refractivity contribution in [3.8, 4) is 0 Å². The van der Waals surface area contributed by atoms with Crippen LogP contribution in [-0.4, -0.2) is 36.1 Å². The third-order valence-corrected chi connectivity index (χ3v) is 2.38. The Bertz CT molecular complexity index is 250. The van der Waals surface area contributed by atoms with Gasteiger partial charge in [-0.3, -0.25) is 4.79 Å². The molecule has 1 aliphatic rings. The van der Waals surface area contributed by atoms with Gasteiger partial charge in [0.2, 0.25) is 5.91 Å². The predicted octanol–water partition coefficient (Wildman–Crippen LogP) is -0.763. The van der Waals surface area contributed by atoms with Gasteiger partial charge in [0.25, 0.3) is 0 Å². The Morgan fingerprint density at radius 3 is 2.80 bits per heavy atom. The molecule has 1 rings (SSSR count). The van der Waals surface area contributed by atoms with E-state index in [0.717, 1.165) is 12.8 Å². The Kier molecular flexibility index (Phi) is 4.36. The summed E-state index contributed by atoms with van der Waals surface area (Å²) in [6.07, 6.45) is 2.03. The molecule has 0 aromatic rings. The van der Waals surface area contributed by atoms with Crippen LogP contribution in [0, 0.1) is 5.92 Å². The molecule has 1 atom stereocenters. The maximum Gasteiger partial charge on any atom is 0.223 e. The van der Waals surface area contributed by atoms with E-state index >= 15 is 0 Å². The molecule has 0 spiro atoms. The molecule has 1 saturated carbocycles. The highest BCUT2D eigenvalue weighted by atomic mass is 16.4. The Morgan fingerprint density at radius 1 is 1.60 bits per heavy atom. The zero-order chi connectivity index (χ0) is 11.3. The molecular weight excluding hydrogens is 196 g/mol. The lowest BCUT2D eigenvalue weighted by Crippen LogP contribution is -2.42. The highest BCUT2D eigenvalue weighted by molar-refractivity contribution is 5.84. The van der Waals surface area contributed by atoms with Gasteiger partial charge in [0.05, 0.1) is 6.04 Å². The van der Waals surface area contributed by atoms with Crippen LogP contribution in [0.1, 0.15) is 19.8 Å². The number of nitrogens with one attached hydrogen (secondary N) is 2. The Balaban J connectivity index is 2.03. The third kappa shape index (κ3) is 4.16. The molecule has 15 heavy (non-hydrogen) atoms. The van der Waals surface area contributed by atoms with E-state index in [-0.39, 0.29) is 23.7 Å².